The van der Waals surface area contributed by atoms with Crippen LogP contribution in [0.3, 0.4) is 0 Å². The van der Waals surface area contributed by atoms with Gasteiger partial charge in [0, 0.05) is 51.4 Å². The van der Waals surface area contributed by atoms with E-state index in [0.717, 1.165) is 31.0 Å². The Morgan fingerprint density at radius 2 is 2.29 bits per heavy atom. The molecule has 1 unspecified atom stereocenters. The lowest BCUT2D eigenvalue weighted by molar-refractivity contribution is -0.129. The maximum atomic E-state index is 11.7. The molecule has 1 saturated heterocycles. The monoisotopic (exact) mass is 447 g/mol. The smallest absolute Gasteiger partial charge is 0.222 e. The molecule has 1 aromatic rings. The zero-order valence-electron chi connectivity index (χ0n) is 14.4. The van der Waals surface area contributed by atoms with Crippen molar-refractivity contribution in [1.29, 1.82) is 0 Å². The van der Waals surface area contributed by atoms with Crippen molar-refractivity contribution in [1.82, 2.24) is 20.5 Å². The van der Waals surface area contributed by atoms with Gasteiger partial charge in [-0.15, -0.1) is 24.0 Å². The minimum absolute atomic E-state index is 0. The molecule has 2 rings (SSSR count). The van der Waals surface area contributed by atoms with Crippen molar-refractivity contribution in [3.05, 3.63) is 23.9 Å². The summed E-state index contributed by atoms with van der Waals surface area (Å²) in [4.78, 5) is 22.0. The molecule has 134 valence electrons. The Balaban J connectivity index is 0.00000288. The van der Waals surface area contributed by atoms with E-state index in [4.69, 9.17) is 4.74 Å². The number of nitrogens with zero attached hydrogens (tertiary/aromatic N) is 3. The summed E-state index contributed by atoms with van der Waals surface area (Å²) in [5.41, 5.74) is 1.04. The van der Waals surface area contributed by atoms with Gasteiger partial charge >= 0.3 is 0 Å². The van der Waals surface area contributed by atoms with E-state index in [1.807, 2.05) is 24.0 Å². The van der Waals surface area contributed by atoms with Crippen LogP contribution < -0.4 is 15.4 Å². The highest BCUT2D eigenvalue weighted by atomic mass is 127. The first-order valence-corrected chi connectivity index (χ1v) is 7.90. The Hall–Kier alpha value is -1.58. The molecule has 0 bridgehead atoms. The van der Waals surface area contributed by atoms with Crippen LogP contribution in [0, 0.1) is 0 Å². The number of aliphatic imine (C=N–C) groups is 1. The quantitative estimate of drug-likeness (QED) is 0.405. The summed E-state index contributed by atoms with van der Waals surface area (Å²) in [5, 5.41) is 6.63. The second-order valence-electron chi connectivity index (χ2n) is 5.46. The highest BCUT2D eigenvalue weighted by Gasteiger charge is 2.25. The van der Waals surface area contributed by atoms with Gasteiger partial charge in [-0.25, -0.2) is 4.98 Å². The van der Waals surface area contributed by atoms with Crippen molar-refractivity contribution >= 4 is 35.8 Å². The molecule has 0 radical (unpaired) electrons. The number of aromatic nitrogens is 1. The lowest BCUT2D eigenvalue weighted by Crippen LogP contribution is -2.44. The normalized spacial score (nSPS) is 17.2. The molecular formula is C16H26IN5O2. The second kappa shape index (κ2) is 10.3. The molecule has 0 aromatic carbocycles. The Labute approximate surface area is 160 Å². The molecule has 0 spiro atoms. The second-order valence-corrected chi connectivity index (χ2v) is 5.46. The fourth-order valence-corrected chi connectivity index (χ4v) is 2.54. The van der Waals surface area contributed by atoms with Crippen LogP contribution in [0.4, 0.5) is 0 Å². The number of carbonyl (C=O) groups excluding carboxylic acids is 1. The number of likely N-dealkylation sites (tertiary alicyclic amines) is 1. The number of hydrogen-bond donors (Lipinski definition) is 2. The first-order valence-electron chi connectivity index (χ1n) is 7.90. The van der Waals surface area contributed by atoms with Crippen LogP contribution >= 0.6 is 24.0 Å². The fraction of sp³-hybridized carbons (Fsp3) is 0.562. The molecule has 1 aliphatic heterocycles. The molecule has 1 fully saturated rings. The van der Waals surface area contributed by atoms with Gasteiger partial charge in [-0.1, -0.05) is 13.0 Å². The highest BCUT2D eigenvalue weighted by molar-refractivity contribution is 14.0. The van der Waals surface area contributed by atoms with E-state index in [1.165, 1.54) is 0 Å². The van der Waals surface area contributed by atoms with Crippen LogP contribution in [0.25, 0.3) is 0 Å². The van der Waals surface area contributed by atoms with Crippen molar-refractivity contribution in [3.63, 3.8) is 0 Å². The largest absolute Gasteiger partial charge is 0.481 e. The fourth-order valence-electron chi connectivity index (χ4n) is 2.54. The summed E-state index contributed by atoms with van der Waals surface area (Å²) < 4.78 is 5.04. The number of pyridine rings is 1. The summed E-state index contributed by atoms with van der Waals surface area (Å²) >= 11 is 0. The number of methoxy groups -OCH3 is 1. The molecule has 1 amide bonds. The molecule has 1 atom stereocenters. The molecule has 24 heavy (non-hydrogen) atoms. The molecular weight excluding hydrogens is 421 g/mol. The zero-order chi connectivity index (χ0) is 16.7. The molecule has 8 heteroatoms. The summed E-state index contributed by atoms with van der Waals surface area (Å²) in [6.07, 6.45) is 3.27. The lowest BCUT2D eigenvalue weighted by atomic mass is 10.2. The van der Waals surface area contributed by atoms with Crippen molar-refractivity contribution in [2.45, 2.75) is 32.4 Å². The zero-order valence-corrected chi connectivity index (χ0v) is 16.7. The van der Waals surface area contributed by atoms with Crippen LogP contribution in [0.1, 0.15) is 25.3 Å². The number of guanidine groups is 1. The van der Waals surface area contributed by atoms with Crippen molar-refractivity contribution in [2.24, 2.45) is 4.99 Å². The van der Waals surface area contributed by atoms with Gasteiger partial charge in [0.25, 0.3) is 0 Å². The van der Waals surface area contributed by atoms with Gasteiger partial charge in [0.2, 0.25) is 11.8 Å². The standard InChI is InChI=1S/C16H25N5O2.HI/c1-4-15(22)21-8-7-13(11-21)20-16(17-2)19-10-12-5-6-14(23-3)18-9-12;/h5-6,9,13H,4,7-8,10-11H2,1-3H3,(H2,17,19,20);1H. The molecule has 0 saturated carbocycles. The van der Waals surface area contributed by atoms with E-state index in [0.29, 0.717) is 18.8 Å². The summed E-state index contributed by atoms with van der Waals surface area (Å²) in [6, 6.07) is 4.03. The number of hydrogen-bond acceptors (Lipinski definition) is 4. The van der Waals surface area contributed by atoms with Crippen LogP contribution in [0.2, 0.25) is 0 Å². The van der Waals surface area contributed by atoms with E-state index in [2.05, 4.69) is 20.6 Å². The lowest BCUT2D eigenvalue weighted by Gasteiger charge is -2.18. The minimum Gasteiger partial charge on any atom is -0.481 e. The Morgan fingerprint density at radius 3 is 2.88 bits per heavy atom. The molecule has 1 aromatic heterocycles. The van der Waals surface area contributed by atoms with Crippen molar-refractivity contribution < 1.29 is 9.53 Å². The summed E-state index contributed by atoms with van der Waals surface area (Å²) in [7, 11) is 3.34. The summed E-state index contributed by atoms with van der Waals surface area (Å²) in [6.45, 7) is 4.06. The first kappa shape index (κ1) is 20.5. The molecule has 1 aliphatic rings. The molecule has 7 nitrogen and oxygen atoms in total. The molecule has 0 aliphatic carbocycles. The predicted molar refractivity (Wildman–Crippen MR) is 105 cm³/mol. The Bertz CT molecular complexity index is 550. The Kier molecular flexibility index (Phi) is 8.80. The van der Waals surface area contributed by atoms with E-state index >= 15 is 0 Å². The van der Waals surface area contributed by atoms with Crippen molar-refractivity contribution in [2.75, 3.05) is 27.2 Å². The van der Waals surface area contributed by atoms with E-state index < -0.39 is 0 Å². The van der Waals surface area contributed by atoms with E-state index in [1.54, 1.807) is 20.4 Å². The number of halogens is 1. The first-order chi connectivity index (χ1) is 11.2. The summed E-state index contributed by atoms with van der Waals surface area (Å²) in [5.74, 6) is 1.54. The number of nitrogens with one attached hydrogen (secondary N) is 2. The molecule has 2 N–H and O–H groups in total. The number of carbonyl (C=O) groups is 1. The van der Waals surface area contributed by atoms with Crippen LogP contribution in [0.15, 0.2) is 23.3 Å². The minimum atomic E-state index is 0. The average molecular weight is 447 g/mol. The van der Waals surface area contributed by atoms with Crippen molar-refractivity contribution in [3.8, 4) is 5.88 Å². The van der Waals surface area contributed by atoms with E-state index in [-0.39, 0.29) is 35.9 Å². The maximum absolute atomic E-state index is 11.7. The van der Waals surface area contributed by atoms with Gasteiger partial charge in [-0.3, -0.25) is 9.79 Å². The topological polar surface area (TPSA) is 78.9 Å². The molecule has 2 heterocycles. The van der Waals surface area contributed by atoms with Gasteiger partial charge in [0.15, 0.2) is 5.96 Å². The Morgan fingerprint density at radius 1 is 1.50 bits per heavy atom. The number of ether oxygens (including phenoxy) is 1. The number of rotatable bonds is 5. The van der Waals surface area contributed by atoms with E-state index in [9.17, 15) is 4.79 Å². The van der Waals surface area contributed by atoms with Gasteiger partial charge in [0.05, 0.1) is 7.11 Å². The third-order valence-electron chi connectivity index (χ3n) is 3.87. The SMILES string of the molecule is CCC(=O)N1CCC(NC(=NC)NCc2ccc(OC)nc2)C1.I. The van der Waals surface area contributed by atoms with Crippen LogP contribution in [0.5, 0.6) is 5.88 Å². The third kappa shape index (κ3) is 5.81. The van der Waals surface area contributed by atoms with Gasteiger partial charge in [-0.05, 0) is 12.0 Å². The number of amides is 1. The third-order valence-corrected chi connectivity index (χ3v) is 3.87. The van der Waals surface area contributed by atoms with Gasteiger partial charge in [0.1, 0.15) is 0 Å². The van der Waals surface area contributed by atoms with Gasteiger partial charge < -0.3 is 20.3 Å². The average Bonchev–Trinajstić information content (AvgIpc) is 3.06. The van der Waals surface area contributed by atoms with Crippen LogP contribution in [-0.4, -0.2) is 55.0 Å². The van der Waals surface area contributed by atoms with Gasteiger partial charge in [-0.2, -0.15) is 0 Å². The highest BCUT2D eigenvalue weighted by Crippen LogP contribution is 2.10. The predicted octanol–water partition coefficient (Wildman–Crippen LogP) is 1.38. The van der Waals surface area contributed by atoms with Crippen LogP contribution in [-0.2, 0) is 11.3 Å². The maximum Gasteiger partial charge on any atom is 0.222 e.